The molecular weight excluding hydrogens is 256 g/mol. The third kappa shape index (κ3) is 2.09. The van der Waals surface area contributed by atoms with E-state index in [4.69, 9.17) is 5.11 Å². The van der Waals surface area contributed by atoms with E-state index in [-0.39, 0.29) is 11.1 Å². The number of carboxylic acids is 1. The molecule has 1 aliphatic rings. The summed E-state index contributed by atoms with van der Waals surface area (Å²) in [7, 11) is 0. The summed E-state index contributed by atoms with van der Waals surface area (Å²) in [4.78, 5) is 28.0. The lowest BCUT2D eigenvalue weighted by Crippen LogP contribution is -2.26. The van der Waals surface area contributed by atoms with Crippen molar-refractivity contribution < 1.29 is 9.90 Å². The van der Waals surface area contributed by atoms with E-state index in [1.807, 2.05) is 0 Å². The highest BCUT2D eigenvalue weighted by molar-refractivity contribution is 5.92. The average molecular weight is 272 g/mol. The highest BCUT2D eigenvalue weighted by atomic mass is 16.4. The lowest BCUT2D eigenvalue weighted by atomic mass is 10.1. The van der Waals surface area contributed by atoms with Gasteiger partial charge in [-0.15, -0.1) is 0 Å². The van der Waals surface area contributed by atoms with Gasteiger partial charge in [0.05, 0.1) is 16.5 Å². The van der Waals surface area contributed by atoms with Crippen LogP contribution in [0.1, 0.15) is 35.9 Å². The van der Waals surface area contributed by atoms with E-state index in [0.29, 0.717) is 23.4 Å². The van der Waals surface area contributed by atoms with Gasteiger partial charge in [-0.25, -0.2) is 9.78 Å². The van der Waals surface area contributed by atoms with E-state index in [1.54, 1.807) is 10.6 Å². The number of nitrogens with zero attached hydrogens (tertiary/aromatic N) is 2. The number of rotatable bonds is 1. The van der Waals surface area contributed by atoms with Crippen LogP contribution in [0.2, 0.25) is 0 Å². The molecule has 0 fully saturated rings. The molecular formula is C15H16N2O3. The molecule has 1 aromatic heterocycles. The first-order chi connectivity index (χ1) is 9.56. The number of carbonyl (C=O) groups is 1. The highest BCUT2D eigenvalue weighted by Crippen LogP contribution is 2.19. The summed E-state index contributed by atoms with van der Waals surface area (Å²) in [6.07, 6.45) is 2.87. The van der Waals surface area contributed by atoms with Crippen molar-refractivity contribution in [3.8, 4) is 0 Å². The van der Waals surface area contributed by atoms with Crippen LogP contribution in [0.4, 0.5) is 0 Å². The van der Waals surface area contributed by atoms with Gasteiger partial charge >= 0.3 is 5.97 Å². The maximum Gasteiger partial charge on any atom is 0.335 e. The van der Waals surface area contributed by atoms with Crippen molar-refractivity contribution in [3.05, 3.63) is 39.9 Å². The molecule has 3 rings (SSSR count). The molecule has 1 N–H and O–H groups in total. The number of aromatic carboxylic acids is 1. The van der Waals surface area contributed by atoms with E-state index in [0.717, 1.165) is 25.1 Å². The fourth-order valence-electron chi connectivity index (χ4n) is 2.79. The van der Waals surface area contributed by atoms with Gasteiger partial charge in [-0.3, -0.25) is 9.36 Å². The van der Waals surface area contributed by atoms with Crippen LogP contribution in [0.25, 0.3) is 10.9 Å². The number of carboxylic acid groups (broad SMARTS) is 1. The summed E-state index contributed by atoms with van der Waals surface area (Å²) in [5.41, 5.74) is 0.586. The Morgan fingerprint density at radius 1 is 1.45 bits per heavy atom. The van der Waals surface area contributed by atoms with Crippen LogP contribution in [0.5, 0.6) is 0 Å². The zero-order chi connectivity index (χ0) is 14.3. The van der Waals surface area contributed by atoms with E-state index >= 15 is 0 Å². The molecule has 0 radical (unpaired) electrons. The summed E-state index contributed by atoms with van der Waals surface area (Å²) < 4.78 is 1.75. The molecule has 0 saturated carbocycles. The second-order valence-corrected chi connectivity index (χ2v) is 5.48. The van der Waals surface area contributed by atoms with Crippen LogP contribution < -0.4 is 5.56 Å². The quantitative estimate of drug-likeness (QED) is 0.862. The van der Waals surface area contributed by atoms with Gasteiger partial charge in [-0.05, 0) is 37.0 Å². The number of hydrogen-bond donors (Lipinski definition) is 1. The molecule has 1 atom stereocenters. The summed E-state index contributed by atoms with van der Waals surface area (Å²) in [5, 5.41) is 9.51. The fourth-order valence-corrected chi connectivity index (χ4v) is 2.79. The Morgan fingerprint density at radius 2 is 2.25 bits per heavy atom. The zero-order valence-corrected chi connectivity index (χ0v) is 11.3. The number of aromatic nitrogens is 2. The van der Waals surface area contributed by atoms with Crippen LogP contribution in [0.15, 0.2) is 23.0 Å². The molecule has 0 spiro atoms. The van der Waals surface area contributed by atoms with Gasteiger partial charge in [-0.2, -0.15) is 0 Å². The zero-order valence-electron chi connectivity index (χ0n) is 11.3. The fraction of sp³-hybridized carbons (Fsp3) is 0.400. The maximum absolute atomic E-state index is 12.5. The van der Waals surface area contributed by atoms with Gasteiger partial charge in [0, 0.05) is 13.0 Å². The molecule has 0 amide bonds. The monoisotopic (exact) mass is 272 g/mol. The first-order valence-electron chi connectivity index (χ1n) is 6.83. The second-order valence-electron chi connectivity index (χ2n) is 5.48. The Morgan fingerprint density at radius 3 is 3.00 bits per heavy atom. The van der Waals surface area contributed by atoms with Gasteiger partial charge in [-0.1, -0.05) is 6.92 Å². The average Bonchev–Trinajstić information content (AvgIpc) is 2.60. The third-order valence-electron chi connectivity index (χ3n) is 3.87. The molecule has 1 unspecified atom stereocenters. The summed E-state index contributed by atoms with van der Waals surface area (Å²) >= 11 is 0. The molecule has 5 nitrogen and oxygen atoms in total. The van der Waals surface area contributed by atoms with Crippen LogP contribution in [-0.4, -0.2) is 20.6 Å². The van der Waals surface area contributed by atoms with Crippen molar-refractivity contribution in [2.75, 3.05) is 0 Å². The van der Waals surface area contributed by atoms with Gasteiger partial charge in [0.1, 0.15) is 5.82 Å². The largest absolute Gasteiger partial charge is 0.478 e. The number of hydrogen-bond acceptors (Lipinski definition) is 3. The Kier molecular flexibility index (Phi) is 3.04. The van der Waals surface area contributed by atoms with Gasteiger partial charge in [0.25, 0.3) is 5.56 Å². The Bertz CT molecular complexity index is 749. The molecule has 0 bridgehead atoms. The van der Waals surface area contributed by atoms with Crippen molar-refractivity contribution in [1.82, 2.24) is 9.55 Å². The molecule has 5 heteroatoms. The Labute approximate surface area is 115 Å². The number of fused-ring (bicyclic) bond motifs is 2. The predicted octanol–water partition coefficient (Wildman–Crippen LogP) is 2.07. The van der Waals surface area contributed by atoms with Gasteiger partial charge < -0.3 is 5.11 Å². The van der Waals surface area contributed by atoms with E-state index in [2.05, 4.69) is 11.9 Å². The van der Waals surface area contributed by atoms with Crippen molar-refractivity contribution in [1.29, 1.82) is 0 Å². The molecule has 20 heavy (non-hydrogen) atoms. The summed E-state index contributed by atoms with van der Waals surface area (Å²) in [6, 6.07) is 4.51. The van der Waals surface area contributed by atoms with Crippen molar-refractivity contribution in [3.63, 3.8) is 0 Å². The van der Waals surface area contributed by atoms with Crippen LogP contribution >= 0.6 is 0 Å². The van der Waals surface area contributed by atoms with E-state index < -0.39 is 5.97 Å². The van der Waals surface area contributed by atoms with Gasteiger partial charge in [0.15, 0.2) is 0 Å². The van der Waals surface area contributed by atoms with Crippen molar-refractivity contribution in [2.24, 2.45) is 5.92 Å². The van der Waals surface area contributed by atoms with Gasteiger partial charge in [0.2, 0.25) is 0 Å². The Balaban J connectivity index is 2.25. The van der Waals surface area contributed by atoms with Crippen LogP contribution in [0, 0.1) is 5.92 Å². The lowest BCUT2D eigenvalue weighted by Gasteiger charge is -2.12. The first kappa shape index (κ1) is 12.8. The molecule has 1 aromatic carbocycles. The summed E-state index contributed by atoms with van der Waals surface area (Å²) in [6.45, 7) is 2.83. The van der Waals surface area contributed by atoms with E-state index in [9.17, 15) is 9.59 Å². The molecule has 0 saturated heterocycles. The first-order valence-corrected chi connectivity index (χ1v) is 6.83. The standard InChI is InChI=1S/C15H16N2O3/c1-9-3-2-4-13-16-12-7-10(15(19)20)5-6-11(12)14(18)17(13)8-9/h5-7,9H,2-4,8H2,1H3,(H,19,20). The lowest BCUT2D eigenvalue weighted by molar-refractivity contribution is 0.0697. The number of benzene rings is 1. The SMILES string of the molecule is CC1CCCc2nc3cc(C(=O)O)ccc3c(=O)n2C1. The minimum absolute atomic E-state index is 0.0595. The highest BCUT2D eigenvalue weighted by Gasteiger charge is 2.17. The van der Waals surface area contributed by atoms with E-state index in [1.165, 1.54) is 12.1 Å². The molecule has 104 valence electrons. The third-order valence-corrected chi connectivity index (χ3v) is 3.87. The smallest absolute Gasteiger partial charge is 0.335 e. The minimum atomic E-state index is -1.00. The van der Waals surface area contributed by atoms with Crippen molar-refractivity contribution in [2.45, 2.75) is 32.7 Å². The topological polar surface area (TPSA) is 72.2 Å². The van der Waals surface area contributed by atoms with Crippen LogP contribution in [-0.2, 0) is 13.0 Å². The molecule has 1 aliphatic heterocycles. The maximum atomic E-state index is 12.5. The number of aryl methyl sites for hydroxylation is 1. The Hall–Kier alpha value is -2.17. The second kappa shape index (κ2) is 4.74. The molecule has 2 heterocycles. The molecule has 2 aromatic rings. The normalized spacial score (nSPS) is 18.6. The predicted molar refractivity (Wildman–Crippen MR) is 75.1 cm³/mol. The minimum Gasteiger partial charge on any atom is -0.478 e. The van der Waals surface area contributed by atoms with Crippen LogP contribution in [0.3, 0.4) is 0 Å². The summed E-state index contributed by atoms with van der Waals surface area (Å²) in [5.74, 6) is 0.234. The molecule has 0 aliphatic carbocycles. The van der Waals surface area contributed by atoms with Crippen molar-refractivity contribution >= 4 is 16.9 Å².